The van der Waals surface area contributed by atoms with Crippen LogP contribution in [0.5, 0.6) is 5.75 Å². The molecule has 0 unspecified atom stereocenters. The molecule has 6 nitrogen and oxygen atoms in total. The van der Waals surface area contributed by atoms with Crippen molar-refractivity contribution in [1.82, 2.24) is 10.2 Å². The maximum absolute atomic E-state index is 13.1. The fraction of sp³-hybridized carbons (Fsp3) is 0.400. The second kappa shape index (κ2) is 5.01. The lowest BCUT2D eigenvalue weighted by atomic mass is 10.1. The van der Waals surface area contributed by atoms with Crippen molar-refractivity contribution in [2.24, 2.45) is 0 Å². The summed E-state index contributed by atoms with van der Waals surface area (Å²) in [6, 6.07) is 3.84. The number of aromatic amines is 1. The monoisotopic (exact) mass is 321 g/mol. The summed E-state index contributed by atoms with van der Waals surface area (Å²) in [4.78, 5) is 0.250. The van der Waals surface area contributed by atoms with Gasteiger partial charge in [0, 0.05) is 0 Å². The summed E-state index contributed by atoms with van der Waals surface area (Å²) in [5.41, 5.74) is 3.59. The number of nitrogens with one attached hydrogen (secondary N) is 1. The summed E-state index contributed by atoms with van der Waals surface area (Å²) in [7, 11) is -3.67. The van der Waals surface area contributed by atoms with Crippen molar-refractivity contribution in [3.8, 4) is 5.75 Å². The Hall–Kier alpha value is -2.02. The van der Waals surface area contributed by atoms with Crippen LogP contribution in [0.4, 0.5) is 5.69 Å². The summed E-state index contributed by atoms with van der Waals surface area (Å²) < 4.78 is 33.3. The first-order valence-corrected chi connectivity index (χ1v) is 8.54. The lowest BCUT2D eigenvalue weighted by Gasteiger charge is -2.32. The highest BCUT2D eigenvalue weighted by Gasteiger charge is 2.34. The molecular weight excluding hydrogens is 302 g/mol. The average molecular weight is 321 g/mol. The standard InChI is InChI=1S/C15H19N3O3S/c1-9-7-10(2)14-13(8-9)21-6-5-18(14)22(19,20)15-11(3)16-17-12(15)4/h7-8H,5-6H2,1-4H3,(H,16,17). The Morgan fingerprint density at radius 2 is 1.95 bits per heavy atom. The molecule has 0 aliphatic carbocycles. The van der Waals surface area contributed by atoms with E-state index in [4.69, 9.17) is 4.74 Å². The molecule has 0 saturated carbocycles. The largest absolute Gasteiger partial charge is 0.489 e. The van der Waals surface area contributed by atoms with Gasteiger partial charge >= 0.3 is 0 Å². The normalized spacial score (nSPS) is 14.6. The van der Waals surface area contributed by atoms with Gasteiger partial charge in [-0.15, -0.1) is 0 Å². The van der Waals surface area contributed by atoms with Crippen molar-refractivity contribution < 1.29 is 13.2 Å². The van der Waals surface area contributed by atoms with E-state index in [-0.39, 0.29) is 4.90 Å². The molecule has 0 bridgehead atoms. The smallest absolute Gasteiger partial charge is 0.268 e. The van der Waals surface area contributed by atoms with E-state index in [1.54, 1.807) is 13.8 Å². The minimum Gasteiger partial charge on any atom is -0.489 e. The van der Waals surface area contributed by atoms with Gasteiger partial charge in [0.1, 0.15) is 17.3 Å². The van der Waals surface area contributed by atoms with Gasteiger partial charge in [-0.1, -0.05) is 6.07 Å². The summed E-state index contributed by atoms with van der Waals surface area (Å²) in [5.74, 6) is 0.617. The lowest BCUT2D eigenvalue weighted by molar-refractivity contribution is 0.315. The van der Waals surface area contributed by atoms with Crippen LogP contribution in [0.3, 0.4) is 0 Å². The number of aromatic nitrogens is 2. The van der Waals surface area contributed by atoms with Crippen LogP contribution in [0.1, 0.15) is 22.5 Å². The highest BCUT2D eigenvalue weighted by Crippen LogP contribution is 2.39. The third-order valence-electron chi connectivity index (χ3n) is 3.82. The fourth-order valence-corrected chi connectivity index (χ4v) is 4.83. The molecule has 1 aliphatic rings. The SMILES string of the molecule is Cc1cc(C)c2c(c1)OCCN2S(=O)(=O)c1c(C)n[nH]c1C. The third kappa shape index (κ3) is 2.16. The number of nitrogens with zero attached hydrogens (tertiary/aromatic N) is 2. The van der Waals surface area contributed by atoms with E-state index in [2.05, 4.69) is 10.2 Å². The number of fused-ring (bicyclic) bond motifs is 1. The summed E-state index contributed by atoms with van der Waals surface area (Å²) >= 11 is 0. The molecule has 0 atom stereocenters. The molecule has 1 N–H and O–H groups in total. The van der Waals surface area contributed by atoms with E-state index < -0.39 is 10.0 Å². The van der Waals surface area contributed by atoms with Crippen molar-refractivity contribution in [3.63, 3.8) is 0 Å². The van der Waals surface area contributed by atoms with Crippen molar-refractivity contribution >= 4 is 15.7 Å². The number of anilines is 1. The van der Waals surface area contributed by atoms with Crippen LogP contribution in [0.15, 0.2) is 17.0 Å². The molecule has 118 valence electrons. The number of sulfonamides is 1. The van der Waals surface area contributed by atoms with Gasteiger partial charge in [-0.2, -0.15) is 5.10 Å². The van der Waals surface area contributed by atoms with E-state index in [1.807, 2.05) is 26.0 Å². The topological polar surface area (TPSA) is 75.3 Å². The average Bonchev–Trinajstić information content (AvgIpc) is 2.77. The molecule has 3 rings (SSSR count). The molecule has 22 heavy (non-hydrogen) atoms. The van der Waals surface area contributed by atoms with Gasteiger partial charge in [-0.05, 0) is 44.9 Å². The number of H-pyrrole nitrogens is 1. The van der Waals surface area contributed by atoms with Crippen LogP contribution in [0, 0.1) is 27.7 Å². The zero-order chi connectivity index (χ0) is 16.1. The van der Waals surface area contributed by atoms with Crippen molar-refractivity contribution in [2.45, 2.75) is 32.6 Å². The van der Waals surface area contributed by atoms with Crippen LogP contribution < -0.4 is 9.04 Å². The maximum atomic E-state index is 13.1. The van der Waals surface area contributed by atoms with E-state index in [0.717, 1.165) is 11.1 Å². The molecule has 2 heterocycles. The van der Waals surface area contributed by atoms with E-state index in [9.17, 15) is 8.42 Å². The van der Waals surface area contributed by atoms with Crippen molar-refractivity contribution in [1.29, 1.82) is 0 Å². The van der Waals surface area contributed by atoms with Crippen LogP contribution >= 0.6 is 0 Å². The zero-order valence-electron chi connectivity index (χ0n) is 13.1. The van der Waals surface area contributed by atoms with Gasteiger partial charge in [0.25, 0.3) is 10.0 Å². The number of rotatable bonds is 2. The first-order valence-electron chi connectivity index (χ1n) is 7.10. The van der Waals surface area contributed by atoms with Gasteiger partial charge in [-0.25, -0.2) is 8.42 Å². The first kappa shape index (κ1) is 14.9. The van der Waals surface area contributed by atoms with Crippen LogP contribution in [0.2, 0.25) is 0 Å². The number of hydrogen-bond donors (Lipinski definition) is 1. The first-order chi connectivity index (χ1) is 10.3. The van der Waals surface area contributed by atoms with Gasteiger partial charge in [0.05, 0.1) is 23.6 Å². The molecular formula is C15H19N3O3S. The minimum absolute atomic E-state index is 0.250. The molecule has 0 radical (unpaired) electrons. The van der Waals surface area contributed by atoms with E-state index in [0.29, 0.717) is 36.0 Å². The molecule has 0 amide bonds. The molecule has 0 fully saturated rings. The second-order valence-electron chi connectivity index (χ2n) is 5.62. The van der Waals surface area contributed by atoms with Crippen molar-refractivity contribution in [3.05, 3.63) is 34.6 Å². The third-order valence-corrected chi connectivity index (χ3v) is 5.88. The molecule has 0 spiro atoms. The number of hydrogen-bond acceptors (Lipinski definition) is 4. The van der Waals surface area contributed by atoms with Gasteiger partial charge in [-0.3, -0.25) is 9.40 Å². The van der Waals surface area contributed by atoms with Gasteiger partial charge in [0.2, 0.25) is 0 Å². The van der Waals surface area contributed by atoms with Crippen LogP contribution in [-0.2, 0) is 10.0 Å². The predicted molar refractivity (Wildman–Crippen MR) is 84.0 cm³/mol. The number of ether oxygens (including phenoxy) is 1. The molecule has 0 saturated heterocycles. The molecule has 7 heteroatoms. The minimum atomic E-state index is -3.67. The molecule has 2 aromatic rings. The Bertz CT molecular complexity index is 820. The van der Waals surface area contributed by atoms with Crippen LogP contribution in [0.25, 0.3) is 0 Å². The van der Waals surface area contributed by atoms with E-state index >= 15 is 0 Å². The Morgan fingerprint density at radius 3 is 2.59 bits per heavy atom. The zero-order valence-corrected chi connectivity index (χ0v) is 13.9. The maximum Gasteiger partial charge on any atom is 0.268 e. The summed E-state index contributed by atoms with van der Waals surface area (Å²) in [5, 5.41) is 6.75. The number of aryl methyl sites for hydroxylation is 4. The van der Waals surface area contributed by atoms with Gasteiger partial charge < -0.3 is 4.74 Å². The summed E-state index contributed by atoms with van der Waals surface area (Å²) in [6.45, 7) is 7.91. The molecule has 1 aromatic carbocycles. The highest BCUT2D eigenvalue weighted by atomic mass is 32.2. The number of benzene rings is 1. The Morgan fingerprint density at radius 1 is 1.23 bits per heavy atom. The van der Waals surface area contributed by atoms with E-state index in [1.165, 1.54) is 4.31 Å². The Kier molecular flexibility index (Phi) is 3.40. The molecule has 1 aliphatic heterocycles. The second-order valence-corrected chi connectivity index (χ2v) is 7.42. The quantitative estimate of drug-likeness (QED) is 0.920. The van der Waals surface area contributed by atoms with Crippen LogP contribution in [-0.4, -0.2) is 31.8 Å². The fourth-order valence-electron chi connectivity index (χ4n) is 2.97. The predicted octanol–water partition coefficient (Wildman–Crippen LogP) is 2.23. The Labute approximate surface area is 130 Å². The van der Waals surface area contributed by atoms with Crippen molar-refractivity contribution in [2.75, 3.05) is 17.5 Å². The Balaban J connectivity index is 2.20. The summed E-state index contributed by atoms with van der Waals surface area (Å²) in [6.07, 6.45) is 0. The lowest BCUT2D eigenvalue weighted by Crippen LogP contribution is -2.38. The highest BCUT2D eigenvalue weighted by molar-refractivity contribution is 7.93. The molecule has 1 aromatic heterocycles. The van der Waals surface area contributed by atoms with Gasteiger partial charge in [0.15, 0.2) is 0 Å².